The SMILES string of the molecule is C=CCOc1ccc(C(=O)N(C)Cc2ccc(OC(F)F)c(OC)c2)cc1. The fourth-order valence-corrected chi connectivity index (χ4v) is 2.42. The Morgan fingerprint density at radius 3 is 2.48 bits per heavy atom. The highest BCUT2D eigenvalue weighted by atomic mass is 19.3. The molecule has 0 N–H and O–H groups in total. The quantitative estimate of drug-likeness (QED) is 0.617. The van der Waals surface area contributed by atoms with Gasteiger partial charge in [-0.15, -0.1) is 0 Å². The number of halogens is 2. The highest BCUT2D eigenvalue weighted by molar-refractivity contribution is 5.94. The van der Waals surface area contributed by atoms with E-state index in [1.807, 2.05) is 0 Å². The van der Waals surface area contributed by atoms with Crippen molar-refractivity contribution in [3.8, 4) is 17.2 Å². The minimum atomic E-state index is -2.94. The Morgan fingerprint density at radius 1 is 1.19 bits per heavy atom. The summed E-state index contributed by atoms with van der Waals surface area (Å²) in [5.41, 5.74) is 1.23. The number of alkyl halides is 2. The minimum absolute atomic E-state index is 0.0552. The molecule has 2 rings (SSSR count). The van der Waals surface area contributed by atoms with E-state index < -0.39 is 6.61 Å². The topological polar surface area (TPSA) is 48.0 Å². The highest BCUT2D eigenvalue weighted by Crippen LogP contribution is 2.30. The van der Waals surface area contributed by atoms with Crippen LogP contribution in [-0.2, 0) is 6.54 Å². The van der Waals surface area contributed by atoms with Crippen LogP contribution in [0, 0.1) is 0 Å². The molecule has 0 spiro atoms. The third-order valence-electron chi connectivity index (χ3n) is 3.68. The van der Waals surface area contributed by atoms with Gasteiger partial charge in [-0.2, -0.15) is 8.78 Å². The van der Waals surface area contributed by atoms with E-state index in [0.29, 0.717) is 17.9 Å². The molecule has 0 aromatic heterocycles. The normalized spacial score (nSPS) is 10.4. The Labute approximate surface area is 156 Å². The molecular weight excluding hydrogens is 356 g/mol. The smallest absolute Gasteiger partial charge is 0.387 e. The summed E-state index contributed by atoms with van der Waals surface area (Å²) in [5, 5.41) is 0. The molecule has 0 bridgehead atoms. The molecule has 0 aliphatic rings. The van der Waals surface area contributed by atoms with Crippen LogP contribution in [0.4, 0.5) is 8.78 Å². The number of amides is 1. The van der Waals surface area contributed by atoms with Crippen LogP contribution in [0.25, 0.3) is 0 Å². The minimum Gasteiger partial charge on any atom is -0.493 e. The first-order valence-electron chi connectivity index (χ1n) is 8.15. The van der Waals surface area contributed by atoms with Crippen molar-refractivity contribution in [3.05, 3.63) is 66.2 Å². The van der Waals surface area contributed by atoms with Crippen LogP contribution in [0.15, 0.2) is 55.1 Å². The van der Waals surface area contributed by atoms with E-state index in [1.54, 1.807) is 49.5 Å². The van der Waals surface area contributed by atoms with Gasteiger partial charge < -0.3 is 19.1 Å². The molecule has 1 amide bonds. The molecule has 27 heavy (non-hydrogen) atoms. The van der Waals surface area contributed by atoms with Crippen LogP contribution in [0.3, 0.4) is 0 Å². The number of hydrogen-bond acceptors (Lipinski definition) is 4. The van der Waals surface area contributed by atoms with E-state index >= 15 is 0 Å². The van der Waals surface area contributed by atoms with Gasteiger partial charge in [-0.05, 0) is 42.0 Å². The average molecular weight is 377 g/mol. The molecule has 0 radical (unpaired) electrons. The molecule has 2 aromatic carbocycles. The van der Waals surface area contributed by atoms with E-state index in [4.69, 9.17) is 9.47 Å². The predicted molar refractivity (Wildman–Crippen MR) is 97.6 cm³/mol. The molecule has 5 nitrogen and oxygen atoms in total. The molecule has 7 heteroatoms. The van der Waals surface area contributed by atoms with E-state index in [2.05, 4.69) is 11.3 Å². The summed E-state index contributed by atoms with van der Waals surface area (Å²) in [4.78, 5) is 14.1. The molecule has 0 saturated heterocycles. The number of ether oxygens (including phenoxy) is 3. The van der Waals surface area contributed by atoms with Gasteiger partial charge in [0.2, 0.25) is 0 Å². The lowest BCUT2D eigenvalue weighted by atomic mass is 10.1. The van der Waals surface area contributed by atoms with Gasteiger partial charge in [0.25, 0.3) is 5.91 Å². The summed E-state index contributed by atoms with van der Waals surface area (Å²) in [5.74, 6) is 0.586. The lowest BCUT2D eigenvalue weighted by Crippen LogP contribution is -2.26. The molecule has 144 valence electrons. The number of nitrogens with zero attached hydrogens (tertiary/aromatic N) is 1. The summed E-state index contributed by atoms with van der Waals surface area (Å²) in [6, 6.07) is 11.3. The third-order valence-corrected chi connectivity index (χ3v) is 3.68. The van der Waals surface area contributed by atoms with Crippen LogP contribution in [0.1, 0.15) is 15.9 Å². The van der Waals surface area contributed by atoms with Gasteiger partial charge in [-0.25, -0.2) is 0 Å². The molecule has 0 fully saturated rings. The second kappa shape index (κ2) is 9.56. The third kappa shape index (κ3) is 5.70. The molecule has 0 saturated carbocycles. The van der Waals surface area contributed by atoms with Crippen molar-refractivity contribution in [2.75, 3.05) is 20.8 Å². The zero-order chi connectivity index (χ0) is 19.8. The summed E-state index contributed by atoms with van der Waals surface area (Å²) in [6.45, 7) is 1.30. The molecule has 0 heterocycles. The van der Waals surface area contributed by atoms with Crippen LogP contribution < -0.4 is 14.2 Å². The maximum absolute atomic E-state index is 12.6. The standard InChI is InChI=1S/C20H21F2NO4/c1-4-11-26-16-8-6-15(7-9-16)19(24)23(2)13-14-5-10-17(27-20(21)22)18(12-14)25-3/h4-10,12,20H,1,11,13H2,2-3H3. The van der Waals surface area contributed by atoms with E-state index in [-0.39, 0.29) is 24.0 Å². The maximum Gasteiger partial charge on any atom is 0.387 e. The molecule has 0 aliphatic heterocycles. The Bertz CT molecular complexity index is 778. The molecule has 0 unspecified atom stereocenters. The second-order valence-electron chi connectivity index (χ2n) is 5.65. The number of rotatable bonds is 9. The van der Waals surface area contributed by atoms with Crippen molar-refractivity contribution >= 4 is 5.91 Å². The van der Waals surface area contributed by atoms with E-state index in [0.717, 1.165) is 5.56 Å². The van der Waals surface area contributed by atoms with Gasteiger partial charge in [0.05, 0.1) is 7.11 Å². The fraction of sp³-hybridized carbons (Fsp3) is 0.250. The maximum atomic E-state index is 12.6. The van der Waals surface area contributed by atoms with Gasteiger partial charge in [-0.1, -0.05) is 18.7 Å². The van der Waals surface area contributed by atoms with Crippen molar-refractivity contribution in [2.45, 2.75) is 13.2 Å². The first-order valence-corrected chi connectivity index (χ1v) is 8.15. The van der Waals surface area contributed by atoms with Crippen LogP contribution in [0.5, 0.6) is 17.2 Å². The van der Waals surface area contributed by atoms with Crippen molar-refractivity contribution < 1.29 is 27.8 Å². The first-order chi connectivity index (χ1) is 12.9. The molecule has 2 aromatic rings. The lowest BCUT2D eigenvalue weighted by Gasteiger charge is -2.19. The Morgan fingerprint density at radius 2 is 1.89 bits per heavy atom. The van der Waals surface area contributed by atoms with Gasteiger partial charge in [0.1, 0.15) is 12.4 Å². The van der Waals surface area contributed by atoms with Gasteiger partial charge in [0.15, 0.2) is 11.5 Å². The largest absolute Gasteiger partial charge is 0.493 e. The number of carbonyl (C=O) groups is 1. The molecule has 0 aliphatic carbocycles. The summed E-state index contributed by atoms with van der Waals surface area (Å²) in [6.07, 6.45) is 1.64. The average Bonchev–Trinajstić information content (AvgIpc) is 2.66. The van der Waals surface area contributed by atoms with Crippen LogP contribution in [0.2, 0.25) is 0 Å². The number of hydrogen-bond donors (Lipinski definition) is 0. The van der Waals surface area contributed by atoms with E-state index in [1.165, 1.54) is 18.1 Å². The summed E-state index contributed by atoms with van der Waals surface area (Å²) in [7, 11) is 3.02. The Balaban J connectivity index is 2.06. The van der Waals surface area contributed by atoms with Gasteiger partial charge in [0, 0.05) is 19.2 Å². The van der Waals surface area contributed by atoms with Crippen molar-refractivity contribution in [1.82, 2.24) is 4.90 Å². The molecular formula is C20H21F2NO4. The Hall–Kier alpha value is -3.09. The first kappa shape index (κ1) is 20.2. The second-order valence-corrected chi connectivity index (χ2v) is 5.65. The number of benzene rings is 2. The zero-order valence-electron chi connectivity index (χ0n) is 15.2. The highest BCUT2D eigenvalue weighted by Gasteiger charge is 2.15. The van der Waals surface area contributed by atoms with Crippen LogP contribution >= 0.6 is 0 Å². The van der Waals surface area contributed by atoms with Gasteiger partial charge >= 0.3 is 6.61 Å². The monoisotopic (exact) mass is 377 g/mol. The fourth-order valence-electron chi connectivity index (χ4n) is 2.42. The number of carbonyl (C=O) groups excluding carboxylic acids is 1. The van der Waals surface area contributed by atoms with E-state index in [9.17, 15) is 13.6 Å². The summed E-state index contributed by atoms with van der Waals surface area (Å²) >= 11 is 0. The van der Waals surface area contributed by atoms with Crippen LogP contribution in [-0.4, -0.2) is 38.2 Å². The zero-order valence-corrected chi connectivity index (χ0v) is 15.2. The summed E-state index contributed by atoms with van der Waals surface area (Å²) < 4.78 is 39.6. The predicted octanol–water partition coefficient (Wildman–Crippen LogP) is 4.13. The van der Waals surface area contributed by atoms with Crippen molar-refractivity contribution in [2.24, 2.45) is 0 Å². The van der Waals surface area contributed by atoms with Crippen molar-refractivity contribution in [3.63, 3.8) is 0 Å². The van der Waals surface area contributed by atoms with Gasteiger partial charge in [-0.3, -0.25) is 4.79 Å². The number of methoxy groups -OCH3 is 1. The molecule has 0 atom stereocenters. The lowest BCUT2D eigenvalue weighted by molar-refractivity contribution is -0.0512. The van der Waals surface area contributed by atoms with Crippen molar-refractivity contribution in [1.29, 1.82) is 0 Å². The Kier molecular flexibility index (Phi) is 7.16.